The first-order valence-electron chi connectivity index (χ1n) is 4.37. The van der Waals surface area contributed by atoms with E-state index < -0.39 is 51.3 Å². The van der Waals surface area contributed by atoms with Crippen LogP contribution in [0, 0.1) is 0 Å². The summed E-state index contributed by atoms with van der Waals surface area (Å²) in [6, 6.07) is 0. The first-order chi connectivity index (χ1) is 7.82. The summed E-state index contributed by atoms with van der Waals surface area (Å²) in [6.45, 7) is 0. The number of carbonyl (C=O) groups is 2. The number of hydrogen-bond donors (Lipinski definition) is 6. The van der Waals surface area contributed by atoms with Gasteiger partial charge in [0.1, 0.15) is 0 Å². The Bertz CT molecular complexity index is 432. The highest BCUT2D eigenvalue weighted by Gasteiger charge is 2.57. The molecule has 10 nitrogen and oxygen atoms in total. The lowest BCUT2D eigenvalue weighted by Gasteiger charge is -2.29. The monoisotopic (exact) mass is 306 g/mol. The van der Waals surface area contributed by atoms with Crippen LogP contribution in [0.4, 0.5) is 0 Å². The Morgan fingerprint density at radius 1 is 1.00 bits per heavy atom. The van der Waals surface area contributed by atoms with Gasteiger partial charge in [-0.1, -0.05) is 0 Å². The van der Waals surface area contributed by atoms with Gasteiger partial charge in [0.05, 0.1) is 6.16 Å². The first-order valence-corrected chi connectivity index (χ1v) is 7.78. The minimum Gasteiger partial charge on any atom is -0.481 e. The molecule has 12 heteroatoms. The third-order valence-corrected chi connectivity index (χ3v) is 5.07. The number of carboxylic acids is 2. The van der Waals surface area contributed by atoms with Crippen LogP contribution in [0.5, 0.6) is 0 Å². The summed E-state index contributed by atoms with van der Waals surface area (Å²) >= 11 is 0. The second kappa shape index (κ2) is 5.48. The molecule has 18 heavy (non-hydrogen) atoms. The molecule has 106 valence electrons. The van der Waals surface area contributed by atoms with Crippen molar-refractivity contribution in [2.45, 2.75) is 18.0 Å². The van der Waals surface area contributed by atoms with Crippen molar-refractivity contribution in [3.63, 3.8) is 0 Å². The predicted octanol–water partition coefficient (Wildman–Crippen LogP) is -0.970. The Labute approximate surface area is 101 Å². The van der Waals surface area contributed by atoms with E-state index >= 15 is 0 Å². The van der Waals surface area contributed by atoms with Crippen molar-refractivity contribution in [1.29, 1.82) is 0 Å². The van der Waals surface area contributed by atoms with Crippen LogP contribution in [0.2, 0.25) is 0 Å². The molecule has 0 aromatic heterocycles. The highest BCUT2D eigenvalue weighted by atomic mass is 31.2. The molecular formula is C6H12O10P2. The van der Waals surface area contributed by atoms with Crippen molar-refractivity contribution >= 4 is 27.1 Å². The molecule has 0 saturated carbocycles. The number of carboxylic acid groups (broad SMARTS) is 2. The third-order valence-electron chi connectivity index (χ3n) is 2.18. The van der Waals surface area contributed by atoms with Gasteiger partial charge in [0.15, 0.2) is 5.16 Å². The van der Waals surface area contributed by atoms with E-state index in [1.54, 1.807) is 0 Å². The standard InChI is InChI=1S/C6H12O10P2/c7-4(8)1-2-6(5(9)10,18(14,15)16)3-17(11,12)13/h1-3H2,(H,7,8)(H,9,10)(H2,11,12,13)(H2,14,15,16). The van der Waals surface area contributed by atoms with E-state index in [0.717, 1.165) is 0 Å². The van der Waals surface area contributed by atoms with E-state index in [-0.39, 0.29) is 0 Å². The molecule has 1 unspecified atom stereocenters. The maximum atomic E-state index is 11.2. The Balaban J connectivity index is 5.60. The van der Waals surface area contributed by atoms with Crippen LogP contribution in [0.25, 0.3) is 0 Å². The summed E-state index contributed by atoms with van der Waals surface area (Å²) in [5.41, 5.74) is 0. The maximum Gasteiger partial charge on any atom is 0.343 e. The van der Waals surface area contributed by atoms with E-state index in [0.29, 0.717) is 0 Å². The van der Waals surface area contributed by atoms with E-state index in [1.807, 2.05) is 0 Å². The molecular weight excluding hydrogens is 294 g/mol. The molecule has 0 aliphatic heterocycles. The number of hydrogen-bond acceptors (Lipinski definition) is 4. The summed E-state index contributed by atoms with van der Waals surface area (Å²) < 4.78 is 21.9. The van der Waals surface area contributed by atoms with Crippen LogP contribution in [0.1, 0.15) is 12.8 Å². The number of rotatable bonds is 7. The maximum absolute atomic E-state index is 11.2. The molecule has 0 aromatic carbocycles. The molecule has 0 amide bonds. The lowest BCUT2D eigenvalue weighted by Crippen LogP contribution is -2.42. The third kappa shape index (κ3) is 4.49. The minimum atomic E-state index is -5.47. The van der Waals surface area contributed by atoms with Crippen molar-refractivity contribution in [2.24, 2.45) is 0 Å². The highest BCUT2D eigenvalue weighted by molar-refractivity contribution is 7.58. The average molecular weight is 306 g/mol. The smallest absolute Gasteiger partial charge is 0.343 e. The van der Waals surface area contributed by atoms with Crippen LogP contribution >= 0.6 is 15.2 Å². The fraction of sp³-hybridized carbons (Fsp3) is 0.667. The van der Waals surface area contributed by atoms with E-state index in [9.17, 15) is 18.7 Å². The minimum absolute atomic E-state index is 0.947. The molecule has 0 aliphatic carbocycles. The lowest BCUT2D eigenvalue weighted by molar-refractivity contribution is -0.141. The molecule has 0 radical (unpaired) electrons. The van der Waals surface area contributed by atoms with E-state index in [2.05, 4.69) is 0 Å². The fourth-order valence-electron chi connectivity index (χ4n) is 1.27. The predicted molar refractivity (Wildman–Crippen MR) is 56.2 cm³/mol. The second-order valence-electron chi connectivity index (χ2n) is 3.60. The summed E-state index contributed by atoms with van der Waals surface area (Å²) in [4.78, 5) is 56.6. The van der Waals surface area contributed by atoms with Gasteiger partial charge in [-0.05, 0) is 6.42 Å². The molecule has 1 atom stereocenters. The van der Waals surface area contributed by atoms with Gasteiger partial charge >= 0.3 is 27.1 Å². The van der Waals surface area contributed by atoms with Crippen LogP contribution in [0.3, 0.4) is 0 Å². The van der Waals surface area contributed by atoms with Crippen LogP contribution in [0.15, 0.2) is 0 Å². The molecule has 0 spiro atoms. The highest BCUT2D eigenvalue weighted by Crippen LogP contribution is 2.58. The van der Waals surface area contributed by atoms with Gasteiger partial charge in [0.2, 0.25) is 0 Å². The van der Waals surface area contributed by atoms with E-state index in [1.165, 1.54) is 0 Å². The Morgan fingerprint density at radius 3 is 1.67 bits per heavy atom. The van der Waals surface area contributed by atoms with Crippen LogP contribution in [-0.4, -0.2) is 53.0 Å². The SMILES string of the molecule is O=C(O)CCC(CP(=O)(O)O)(C(=O)O)P(=O)(O)O. The van der Waals surface area contributed by atoms with Gasteiger partial charge in [-0.2, -0.15) is 0 Å². The summed E-state index contributed by atoms with van der Waals surface area (Å²) in [6.07, 6.45) is -3.67. The van der Waals surface area contributed by atoms with Crippen LogP contribution < -0.4 is 0 Å². The Hall–Kier alpha value is -0.760. The van der Waals surface area contributed by atoms with Gasteiger partial charge in [-0.25, -0.2) is 0 Å². The van der Waals surface area contributed by atoms with Gasteiger partial charge in [0.25, 0.3) is 0 Å². The molecule has 0 bridgehead atoms. The van der Waals surface area contributed by atoms with Gasteiger partial charge < -0.3 is 29.8 Å². The first kappa shape index (κ1) is 17.2. The zero-order chi connectivity index (χ0) is 14.8. The molecule has 0 saturated heterocycles. The van der Waals surface area contributed by atoms with Crippen molar-refractivity contribution in [2.75, 3.05) is 6.16 Å². The molecule has 0 fully saturated rings. The van der Waals surface area contributed by atoms with Crippen LogP contribution in [-0.2, 0) is 18.7 Å². The van der Waals surface area contributed by atoms with Gasteiger partial charge in [0, 0.05) is 6.42 Å². The number of aliphatic carboxylic acids is 2. The van der Waals surface area contributed by atoms with Gasteiger partial charge in [-0.3, -0.25) is 18.7 Å². The Morgan fingerprint density at radius 2 is 1.44 bits per heavy atom. The van der Waals surface area contributed by atoms with E-state index in [4.69, 9.17) is 29.8 Å². The van der Waals surface area contributed by atoms with Crippen molar-refractivity contribution in [1.82, 2.24) is 0 Å². The normalized spacial score (nSPS) is 16.0. The quantitative estimate of drug-likeness (QED) is 0.319. The lowest BCUT2D eigenvalue weighted by atomic mass is 10.0. The van der Waals surface area contributed by atoms with Crippen molar-refractivity contribution < 1.29 is 48.5 Å². The summed E-state index contributed by atoms with van der Waals surface area (Å²) in [5.74, 6) is -3.69. The van der Waals surface area contributed by atoms with Crippen molar-refractivity contribution in [3.8, 4) is 0 Å². The molecule has 0 heterocycles. The molecule has 6 N–H and O–H groups in total. The second-order valence-corrected chi connectivity index (χ2v) is 7.19. The van der Waals surface area contributed by atoms with Crippen molar-refractivity contribution in [3.05, 3.63) is 0 Å². The average Bonchev–Trinajstić information content (AvgIpc) is 2.07. The largest absolute Gasteiger partial charge is 0.481 e. The topological polar surface area (TPSA) is 190 Å². The summed E-state index contributed by atoms with van der Waals surface area (Å²) in [7, 11) is -10.5. The zero-order valence-corrected chi connectivity index (χ0v) is 10.6. The zero-order valence-electron chi connectivity index (χ0n) is 8.83. The summed E-state index contributed by atoms with van der Waals surface area (Å²) in [5, 5.41) is 14.1. The molecule has 0 aromatic rings. The molecule has 0 aliphatic rings. The fourth-order valence-corrected chi connectivity index (χ4v) is 4.19. The van der Waals surface area contributed by atoms with Gasteiger partial charge in [-0.15, -0.1) is 0 Å². The Kier molecular flexibility index (Phi) is 5.25. The molecule has 0 rings (SSSR count).